The van der Waals surface area contributed by atoms with Crippen molar-refractivity contribution >= 4 is 12.6 Å². The highest BCUT2D eigenvalue weighted by Crippen LogP contribution is 2.37. The van der Waals surface area contributed by atoms with Crippen LogP contribution in [-0.2, 0) is 20.7 Å². The third kappa shape index (κ3) is 5.06. The molecule has 0 atom stereocenters. The van der Waals surface area contributed by atoms with Gasteiger partial charge in [0.15, 0.2) is 5.75 Å². The van der Waals surface area contributed by atoms with E-state index in [2.05, 4.69) is 4.98 Å². The smallest absolute Gasteiger partial charge is 0.496 e. The molecule has 7 nitrogen and oxygen atoms in total. The van der Waals surface area contributed by atoms with Crippen LogP contribution in [0.25, 0.3) is 0 Å². The number of rotatable bonds is 9. The number of nitrogens with zero attached hydrogens (tertiary/aromatic N) is 1. The molecule has 2 aromatic rings. The van der Waals surface area contributed by atoms with Gasteiger partial charge in [-0.15, -0.1) is 0 Å². The maximum absolute atomic E-state index is 6.13. The first-order valence-electron chi connectivity index (χ1n) is 9.99. The van der Waals surface area contributed by atoms with E-state index in [-0.39, 0.29) is 0 Å². The molecule has 2 heterocycles. The molecule has 0 aliphatic carbocycles. The Morgan fingerprint density at radius 2 is 1.60 bits per heavy atom. The summed E-state index contributed by atoms with van der Waals surface area (Å²) in [5, 5.41) is 0. The van der Waals surface area contributed by atoms with Gasteiger partial charge in [0.1, 0.15) is 19.0 Å². The van der Waals surface area contributed by atoms with Crippen molar-refractivity contribution in [3.05, 3.63) is 42.1 Å². The minimum atomic E-state index is -0.525. The maximum Gasteiger partial charge on any atom is 0.496 e. The summed E-state index contributed by atoms with van der Waals surface area (Å²) in [7, 11) is 2.74. The van der Waals surface area contributed by atoms with Gasteiger partial charge < -0.3 is 28.3 Å². The molecule has 0 saturated carbocycles. The number of methoxy groups -OCH3 is 2. The molecule has 3 rings (SSSR count). The molecule has 0 N–H and O–H groups in total. The Hall–Kier alpha value is -2.29. The predicted molar refractivity (Wildman–Crippen MR) is 115 cm³/mol. The number of benzene rings is 1. The minimum Gasteiger partial charge on any atom is -0.497 e. The molecule has 1 aliphatic heterocycles. The van der Waals surface area contributed by atoms with E-state index < -0.39 is 18.3 Å². The molecule has 0 spiro atoms. The standard InChI is InChI=1S/C22H30BNO6/c1-21(2)22(3,4)30-23(29-21)17-13-19(27-12-11-25-5)20(24-14-17)28-15-16-7-9-18(26-6)10-8-16/h7-10,13-14H,11-12,15H2,1-6H3. The molecule has 0 radical (unpaired) electrons. The Balaban J connectivity index is 1.77. The second kappa shape index (κ2) is 9.24. The second-order valence-electron chi connectivity index (χ2n) is 8.14. The molecule has 0 unspecified atom stereocenters. The summed E-state index contributed by atoms with van der Waals surface area (Å²) in [5.74, 6) is 1.72. The topological polar surface area (TPSA) is 68.3 Å². The lowest BCUT2D eigenvalue weighted by atomic mass is 9.80. The lowest BCUT2D eigenvalue weighted by molar-refractivity contribution is 0.00578. The largest absolute Gasteiger partial charge is 0.497 e. The summed E-state index contributed by atoms with van der Waals surface area (Å²) in [6.07, 6.45) is 1.70. The van der Waals surface area contributed by atoms with E-state index in [0.29, 0.717) is 31.5 Å². The zero-order valence-electron chi connectivity index (χ0n) is 18.6. The first-order chi connectivity index (χ1) is 14.3. The number of hydrogen-bond acceptors (Lipinski definition) is 7. The van der Waals surface area contributed by atoms with Crippen LogP contribution in [-0.4, -0.2) is 50.7 Å². The van der Waals surface area contributed by atoms with Crippen molar-refractivity contribution in [1.29, 1.82) is 0 Å². The normalized spacial score (nSPS) is 17.1. The molecular weight excluding hydrogens is 385 g/mol. The van der Waals surface area contributed by atoms with Gasteiger partial charge in [-0.2, -0.15) is 0 Å². The zero-order chi connectivity index (χ0) is 21.8. The van der Waals surface area contributed by atoms with E-state index in [4.69, 9.17) is 28.3 Å². The third-order valence-corrected chi connectivity index (χ3v) is 5.44. The number of aromatic nitrogens is 1. The van der Waals surface area contributed by atoms with Gasteiger partial charge in [-0.3, -0.25) is 0 Å². The van der Waals surface area contributed by atoms with Gasteiger partial charge in [-0.05, 0) is 51.5 Å². The molecule has 162 valence electrons. The van der Waals surface area contributed by atoms with Crippen molar-refractivity contribution in [2.75, 3.05) is 27.4 Å². The maximum atomic E-state index is 6.13. The van der Waals surface area contributed by atoms with Gasteiger partial charge in [-0.25, -0.2) is 4.98 Å². The fourth-order valence-corrected chi connectivity index (χ4v) is 2.88. The average Bonchev–Trinajstić information content (AvgIpc) is 2.94. The summed E-state index contributed by atoms with van der Waals surface area (Å²) in [5.41, 5.74) is 0.907. The van der Waals surface area contributed by atoms with Crippen molar-refractivity contribution in [1.82, 2.24) is 4.98 Å². The average molecular weight is 415 g/mol. The Morgan fingerprint density at radius 1 is 0.933 bits per heavy atom. The summed E-state index contributed by atoms with van der Waals surface area (Å²) in [4.78, 5) is 4.47. The highest BCUT2D eigenvalue weighted by atomic mass is 16.7. The highest BCUT2D eigenvalue weighted by molar-refractivity contribution is 6.62. The predicted octanol–water partition coefficient (Wildman–Crippen LogP) is 2.99. The zero-order valence-corrected chi connectivity index (χ0v) is 18.6. The van der Waals surface area contributed by atoms with E-state index in [1.807, 2.05) is 58.0 Å². The first-order valence-corrected chi connectivity index (χ1v) is 9.99. The van der Waals surface area contributed by atoms with Crippen LogP contribution in [0.3, 0.4) is 0 Å². The van der Waals surface area contributed by atoms with Gasteiger partial charge in [0.2, 0.25) is 0 Å². The molecule has 8 heteroatoms. The van der Waals surface area contributed by atoms with Gasteiger partial charge in [0.25, 0.3) is 5.88 Å². The van der Waals surface area contributed by atoms with Crippen LogP contribution < -0.4 is 19.7 Å². The van der Waals surface area contributed by atoms with Crippen LogP contribution in [0.15, 0.2) is 36.5 Å². The second-order valence-corrected chi connectivity index (χ2v) is 8.14. The molecular formula is C22H30BNO6. The van der Waals surface area contributed by atoms with Crippen LogP contribution in [0.1, 0.15) is 33.3 Å². The Labute approximate surface area is 178 Å². The van der Waals surface area contributed by atoms with E-state index in [1.165, 1.54) is 0 Å². The summed E-state index contributed by atoms with van der Waals surface area (Å²) in [6, 6.07) is 9.53. The lowest BCUT2D eigenvalue weighted by Gasteiger charge is -2.32. The Morgan fingerprint density at radius 3 is 2.20 bits per heavy atom. The van der Waals surface area contributed by atoms with Crippen molar-refractivity contribution in [3.8, 4) is 17.4 Å². The molecule has 1 aromatic heterocycles. The summed E-state index contributed by atoms with van der Waals surface area (Å²) >= 11 is 0. The van der Waals surface area contributed by atoms with Crippen molar-refractivity contribution in [3.63, 3.8) is 0 Å². The van der Waals surface area contributed by atoms with Gasteiger partial charge in [0.05, 0.1) is 24.9 Å². The van der Waals surface area contributed by atoms with E-state index in [0.717, 1.165) is 16.8 Å². The van der Waals surface area contributed by atoms with E-state index in [1.54, 1.807) is 20.4 Å². The highest BCUT2D eigenvalue weighted by Gasteiger charge is 2.52. The molecule has 1 aromatic carbocycles. The van der Waals surface area contributed by atoms with Gasteiger partial charge in [-0.1, -0.05) is 12.1 Å². The van der Waals surface area contributed by atoms with Crippen molar-refractivity contribution in [2.24, 2.45) is 0 Å². The molecule has 30 heavy (non-hydrogen) atoms. The summed E-state index contributed by atoms with van der Waals surface area (Å²) in [6.45, 7) is 9.26. The van der Waals surface area contributed by atoms with E-state index in [9.17, 15) is 0 Å². The molecule has 1 fully saturated rings. The quantitative estimate of drug-likeness (QED) is 0.461. The van der Waals surface area contributed by atoms with Crippen LogP contribution in [0.5, 0.6) is 17.4 Å². The SMILES string of the molecule is COCCOc1cc(B2OC(C)(C)C(C)(C)O2)cnc1OCc1ccc(OC)cc1. The van der Waals surface area contributed by atoms with Crippen LogP contribution in [0.2, 0.25) is 0 Å². The third-order valence-electron chi connectivity index (χ3n) is 5.44. The first kappa shape index (κ1) is 22.4. The van der Waals surface area contributed by atoms with Crippen molar-refractivity contribution < 1.29 is 28.3 Å². The Bertz CT molecular complexity index is 824. The van der Waals surface area contributed by atoms with Crippen LogP contribution in [0.4, 0.5) is 0 Å². The number of hydrogen-bond donors (Lipinski definition) is 0. The van der Waals surface area contributed by atoms with Crippen LogP contribution in [0, 0.1) is 0 Å². The van der Waals surface area contributed by atoms with Crippen LogP contribution >= 0.6 is 0 Å². The van der Waals surface area contributed by atoms with E-state index >= 15 is 0 Å². The number of pyridine rings is 1. The summed E-state index contributed by atoms with van der Waals surface area (Å²) < 4.78 is 34.3. The molecule has 0 amide bonds. The molecule has 1 aliphatic rings. The van der Waals surface area contributed by atoms with Gasteiger partial charge >= 0.3 is 7.12 Å². The Kier molecular flexibility index (Phi) is 6.90. The van der Waals surface area contributed by atoms with Crippen molar-refractivity contribution in [2.45, 2.75) is 45.5 Å². The minimum absolute atomic E-state index is 0.355. The lowest BCUT2D eigenvalue weighted by Crippen LogP contribution is -2.41. The molecule has 1 saturated heterocycles. The fraction of sp³-hybridized carbons (Fsp3) is 0.500. The number of ether oxygens (including phenoxy) is 4. The fourth-order valence-electron chi connectivity index (χ4n) is 2.88. The molecule has 0 bridgehead atoms. The monoisotopic (exact) mass is 415 g/mol. The van der Waals surface area contributed by atoms with Gasteiger partial charge in [0, 0.05) is 18.8 Å².